The van der Waals surface area contributed by atoms with Gasteiger partial charge in [-0.3, -0.25) is 14.3 Å². The van der Waals surface area contributed by atoms with Gasteiger partial charge in [-0.2, -0.15) is 5.10 Å². The van der Waals surface area contributed by atoms with E-state index in [9.17, 15) is 24.2 Å². The number of carbonyl (C=O) groups excluding carboxylic acids is 2. The number of halogens is 2. The van der Waals surface area contributed by atoms with E-state index in [0.717, 1.165) is 80.3 Å². The summed E-state index contributed by atoms with van der Waals surface area (Å²) in [6.07, 6.45) is 4.89. The summed E-state index contributed by atoms with van der Waals surface area (Å²) in [5, 5.41) is 31.0. The molecule has 1 amide bonds. The quantitative estimate of drug-likeness (QED) is 0.0770. The molecule has 1 aliphatic carbocycles. The molecule has 1 saturated carbocycles. The first-order valence-corrected chi connectivity index (χ1v) is 22.8. The van der Waals surface area contributed by atoms with Gasteiger partial charge in [0.05, 0.1) is 29.9 Å². The van der Waals surface area contributed by atoms with Gasteiger partial charge in [0.2, 0.25) is 5.78 Å². The Morgan fingerprint density at radius 2 is 1.43 bits per heavy atom. The number of fused-ring (bicyclic) bond motifs is 3. The van der Waals surface area contributed by atoms with Crippen molar-refractivity contribution in [2.24, 2.45) is 11.7 Å². The number of nitrogens with two attached hydrogens (primary N) is 1. The van der Waals surface area contributed by atoms with Crippen LogP contribution in [0.15, 0.2) is 72.9 Å². The average molecular weight is 893 g/mol. The maximum absolute atomic E-state index is 15.2. The minimum absolute atomic E-state index is 0.0144. The maximum Gasteiger partial charge on any atom is 0.292 e. The molecular weight excluding hydrogens is 839 g/mol. The van der Waals surface area contributed by atoms with Crippen LogP contribution in [0.5, 0.6) is 23.0 Å². The summed E-state index contributed by atoms with van der Waals surface area (Å²) in [5.41, 5.74) is 9.82. The first kappa shape index (κ1) is 43.3. The lowest BCUT2D eigenvalue weighted by atomic mass is 9.99. The maximum atomic E-state index is 15.2. The monoisotopic (exact) mass is 892 g/mol. The summed E-state index contributed by atoms with van der Waals surface area (Å²) >= 11 is 0. The molecule has 342 valence electrons. The highest BCUT2D eigenvalue weighted by Crippen LogP contribution is 2.49. The molecule has 7 atom stereocenters. The molecule has 3 fully saturated rings. The van der Waals surface area contributed by atoms with Gasteiger partial charge in [-0.1, -0.05) is 36.4 Å². The van der Waals surface area contributed by atoms with Gasteiger partial charge in [0.25, 0.3) is 5.91 Å². The second-order valence-corrected chi connectivity index (χ2v) is 18.1. The zero-order chi connectivity index (χ0) is 44.8. The van der Waals surface area contributed by atoms with Crippen molar-refractivity contribution >= 4 is 22.6 Å². The number of Topliss-reactive ketones (excluding diaryl/α,β-unsaturated/α-hetero) is 1. The van der Waals surface area contributed by atoms with Crippen LogP contribution in [0.25, 0.3) is 22.0 Å². The zero-order valence-corrected chi connectivity index (χ0v) is 36.0. The van der Waals surface area contributed by atoms with Gasteiger partial charge in [0.1, 0.15) is 32.0 Å². The molecule has 1 aromatic heterocycles. The Hall–Kier alpha value is -5.65. The predicted molar refractivity (Wildman–Crippen MR) is 236 cm³/mol. The fraction of sp³-hybridized carbons (Fsp3) is 0.449. The number of nitrogens with one attached hydrogen (secondary N) is 1. The normalized spacial score (nSPS) is 22.4. The van der Waals surface area contributed by atoms with Crippen molar-refractivity contribution in [3.05, 3.63) is 101 Å². The highest BCUT2D eigenvalue weighted by molar-refractivity contribution is 6.42. The zero-order valence-electron chi connectivity index (χ0n) is 36.0. The molecule has 0 bridgehead atoms. The number of hydrogen-bond acceptors (Lipinski definition) is 12. The van der Waals surface area contributed by atoms with Crippen LogP contribution in [-0.4, -0.2) is 119 Å². The van der Waals surface area contributed by atoms with E-state index in [0.29, 0.717) is 18.5 Å². The molecule has 5 N–H and O–H groups in total. The second kappa shape index (κ2) is 18.3. The average Bonchev–Trinajstić information content (AvgIpc) is 3.72. The fourth-order valence-electron chi connectivity index (χ4n) is 9.89. The molecule has 14 nitrogen and oxygen atoms in total. The number of amides is 1. The van der Waals surface area contributed by atoms with Gasteiger partial charge in [0, 0.05) is 30.1 Å². The number of hydrogen-bond donors (Lipinski definition) is 4. The van der Waals surface area contributed by atoms with E-state index in [-0.39, 0.29) is 78.6 Å². The third-order valence-corrected chi connectivity index (χ3v) is 13.5. The molecule has 2 saturated heterocycles. The number of aromatic nitrogens is 2. The molecule has 0 radical (unpaired) electrons. The summed E-state index contributed by atoms with van der Waals surface area (Å²) in [6, 6.07) is 17.2. The summed E-state index contributed by atoms with van der Waals surface area (Å²) < 4.78 is 55.3. The number of benzene rings is 4. The molecule has 0 spiro atoms. The standard InChI is InChI=1S/C49H54F2N6O8/c50-36-19-34(22-42-47(36)63-16-15-62-42)45(59)39(26-56-13-3-4-14-56)54-49(61)46(60)29-7-5-28(6-8-29)30-9-10-31-24-53-57(40(31)20-30)41-21-32(41)17-35-27-64-48-37(51)18-33(23-43(48)65-35)44(58)38(52)25-55-11-1-2-12-55/h5-10,18-20,22-24,32,35,38-39,41,44-45,58-59H,1-4,11-17,21,25-27,52H2,(H,54,61). The lowest BCUT2D eigenvalue weighted by Gasteiger charge is -2.29. The SMILES string of the molecule is NC(CN1CCCC1)C(O)c1cc(F)c2c(c1)OC(CC1CC1n1ncc3ccc(-c4ccc(C(=O)C(=O)NC(CN5CCCC5)C(O)c5cc(F)c6c(c5)OCCO6)cc4)cc31)CO2. The smallest absolute Gasteiger partial charge is 0.292 e. The van der Waals surface area contributed by atoms with Crippen molar-refractivity contribution < 1.29 is 47.5 Å². The van der Waals surface area contributed by atoms with Gasteiger partial charge < -0.3 is 50.0 Å². The molecule has 65 heavy (non-hydrogen) atoms. The minimum Gasteiger partial charge on any atom is -0.486 e. The number of likely N-dealkylation sites (tertiary alicyclic amines) is 2. The fourth-order valence-corrected chi connectivity index (χ4v) is 9.89. The lowest BCUT2D eigenvalue weighted by molar-refractivity contribution is -0.118. The van der Waals surface area contributed by atoms with Crippen LogP contribution < -0.4 is 30.0 Å². The van der Waals surface area contributed by atoms with E-state index in [1.54, 1.807) is 30.3 Å². The van der Waals surface area contributed by atoms with Gasteiger partial charge in [0.15, 0.2) is 34.6 Å². The molecule has 5 aliphatic rings. The van der Waals surface area contributed by atoms with E-state index >= 15 is 4.39 Å². The van der Waals surface area contributed by atoms with E-state index in [1.807, 2.05) is 23.0 Å². The van der Waals surface area contributed by atoms with Gasteiger partial charge in [-0.25, -0.2) is 8.78 Å². The number of nitrogens with zero attached hydrogens (tertiary/aromatic N) is 4. The van der Waals surface area contributed by atoms with Crippen LogP contribution in [-0.2, 0) is 4.79 Å². The summed E-state index contributed by atoms with van der Waals surface area (Å²) in [6.45, 7) is 4.93. The Balaban J connectivity index is 0.781. The van der Waals surface area contributed by atoms with Crippen LogP contribution >= 0.6 is 0 Å². The molecule has 4 aromatic carbocycles. The van der Waals surface area contributed by atoms with E-state index in [1.165, 1.54) is 18.2 Å². The van der Waals surface area contributed by atoms with E-state index in [4.69, 9.17) is 29.8 Å². The predicted octanol–water partition coefficient (Wildman–Crippen LogP) is 5.50. The number of rotatable bonds is 15. The molecule has 4 aliphatic heterocycles. The van der Waals surface area contributed by atoms with Crippen LogP contribution in [0.1, 0.15) is 78.3 Å². The topological polar surface area (TPSA) is 174 Å². The molecule has 7 unspecified atom stereocenters. The van der Waals surface area contributed by atoms with Gasteiger partial charge in [-0.05, 0) is 123 Å². The first-order chi connectivity index (χ1) is 31.6. The van der Waals surface area contributed by atoms with Crippen molar-refractivity contribution in [3.8, 4) is 34.1 Å². The summed E-state index contributed by atoms with van der Waals surface area (Å²) in [5.74, 6) is -2.15. The molecule has 5 heterocycles. The molecule has 10 rings (SSSR count). The third kappa shape index (κ3) is 9.14. The first-order valence-electron chi connectivity index (χ1n) is 22.8. The number of carbonyl (C=O) groups is 2. The summed E-state index contributed by atoms with van der Waals surface area (Å²) in [7, 11) is 0. The Morgan fingerprint density at radius 3 is 2.17 bits per heavy atom. The second-order valence-electron chi connectivity index (χ2n) is 18.1. The van der Waals surface area contributed by atoms with E-state index in [2.05, 4.69) is 21.2 Å². The number of ketones is 1. The summed E-state index contributed by atoms with van der Waals surface area (Å²) in [4.78, 5) is 31.4. The number of ether oxygens (including phenoxy) is 4. The highest BCUT2D eigenvalue weighted by Gasteiger charge is 2.43. The van der Waals surface area contributed by atoms with Crippen molar-refractivity contribution in [2.45, 2.75) is 75.0 Å². The van der Waals surface area contributed by atoms with E-state index < -0.39 is 47.6 Å². The lowest BCUT2D eigenvalue weighted by Crippen LogP contribution is -2.48. The Morgan fingerprint density at radius 1 is 0.785 bits per heavy atom. The Bertz CT molecular complexity index is 2560. The molecule has 5 aromatic rings. The van der Waals surface area contributed by atoms with Gasteiger partial charge in [-0.15, -0.1) is 0 Å². The number of aliphatic hydroxyl groups is 2. The van der Waals surface area contributed by atoms with Crippen LogP contribution in [0, 0.1) is 17.6 Å². The molecule has 16 heteroatoms. The van der Waals surface area contributed by atoms with Crippen molar-refractivity contribution in [1.29, 1.82) is 0 Å². The number of aliphatic hydroxyl groups excluding tert-OH is 2. The van der Waals surface area contributed by atoms with Crippen LogP contribution in [0.3, 0.4) is 0 Å². The Kier molecular flexibility index (Phi) is 12.2. The minimum atomic E-state index is -1.32. The highest BCUT2D eigenvalue weighted by atomic mass is 19.1. The van der Waals surface area contributed by atoms with Crippen molar-refractivity contribution in [2.75, 3.05) is 59.1 Å². The molecular formula is C49H54F2N6O8. The van der Waals surface area contributed by atoms with Gasteiger partial charge >= 0.3 is 0 Å². The Labute approximate surface area is 375 Å². The van der Waals surface area contributed by atoms with Crippen molar-refractivity contribution in [3.63, 3.8) is 0 Å². The van der Waals surface area contributed by atoms with Crippen molar-refractivity contribution in [1.82, 2.24) is 24.9 Å². The van der Waals surface area contributed by atoms with Crippen LogP contribution in [0.4, 0.5) is 8.78 Å². The van der Waals surface area contributed by atoms with Crippen LogP contribution in [0.2, 0.25) is 0 Å². The third-order valence-electron chi connectivity index (χ3n) is 13.5. The largest absolute Gasteiger partial charge is 0.486 e.